The normalized spacial score (nSPS) is 18.3. The molecule has 0 amide bonds. The quantitative estimate of drug-likeness (QED) is 0.798. The fourth-order valence-corrected chi connectivity index (χ4v) is 5.35. The van der Waals surface area contributed by atoms with Crippen molar-refractivity contribution >= 4 is 21.6 Å². The molecule has 2 aromatic rings. The minimum absolute atomic E-state index is 0.0744. The zero-order valence-electron chi connectivity index (χ0n) is 15.6. The summed E-state index contributed by atoms with van der Waals surface area (Å²) in [4.78, 5) is 2.37. The van der Waals surface area contributed by atoms with Crippen LogP contribution < -0.4 is 0 Å². The molecule has 0 aliphatic carbocycles. The van der Waals surface area contributed by atoms with Gasteiger partial charge in [-0.05, 0) is 55.3 Å². The van der Waals surface area contributed by atoms with Gasteiger partial charge in [0.1, 0.15) is 0 Å². The summed E-state index contributed by atoms with van der Waals surface area (Å²) in [5.41, 5.74) is 2.69. The maximum atomic E-state index is 13.1. The predicted molar refractivity (Wildman–Crippen MR) is 109 cm³/mol. The minimum atomic E-state index is -3.53. The van der Waals surface area contributed by atoms with Gasteiger partial charge >= 0.3 is 0 Å². The van der Waals surface area contributed by atoms with Gasteiger partial charge in [0.05, 0.1) is 11.5 Å². The number of hydrogen-bond acceptors (Lipinski definition) is 4. The molecule has 146 valence electrons. The second kappa shape index (κ2) is 8.29. The molecule has 5 nitrogen and oxygen atoms in total. The predicted octanol–water partition coefficient (Wildman–Crippen LogP) is 3.00. The first kappa shape index (κ1) is 20.3. The first-order chi connectivity index (χ1) is 12.8. The molecular weight excluding hydrogens is 384 g/mol. The van der Waals surface area contributed by atoms with Gasteiger partial charge in [0.15, 0.2) is 0 Å². The van der Waals surface area contributed by atoms with E-state index in [2.05, 4.69) is 0 Å². The number of aliphatic hydroxyl groups excluding tert-OH is 1. The number of aryl methyl sites for hydroxylation is 1. The smallest absolute Gasteiger partial charge is 0.243 e. The second-order valence-corrected chi connectivity index (χ2v) is 9.34. The number of halogens is 1. The topological polar surface area (TPSA) is 60.9 Å². The number of likely N-dealkylation sites (N-methyl/N-ethyl adjacent to an activating group) is 1. The summed E-state index contributed by atoms with van der Waals surface area (Å²) < 4.78 is 27.8. The molecule has 1 atom stereocenters. The molecule has 0 saturated carbocycles. The Balaban J connectivity index is 1.82. The Labute approximate surface area is 166 Å². The van der Waals surface area contributed by atoms with Crippen molar-refractivity contribution in [2.45, 2.75) is 24.3 Å². The highest BCUT2D eigenvalue weighted by Crippen LogP contribution is 2.29. The lowest BCUT2D eigenvalue weighted by Crippen LogP contribution is -2.38. The Morgan fingerprint density at radius 3 is 2.48 bits per heavy atom. The van der Waals surface area contributed by atoms with E-state index in [4.69, 9.17) is 16.7 Å². The number of benzene rings is 2. The van der Waals surface area contributed by atoms with Crippen molar-refractivity contribution in [2.75, 3.05) is 33.3 Å². The van der Waals surface area contributed by atoms with E-state index in [0.29, 0.717) is 29.6 Å². The summed E-state index contributed by atoms with van der Waals surface area (Å²) in [6, 6.07) is 13.1. The van der Waals surface area contributed by atoms with Crippen LogP contribution in [0.2, 0.25) is 5.02 Å². The van der Waals surface area contributed by atoms with Crippen LogP contribution in [0, 0.1) is 6.92 Å². The Morgan fingerprint density at radius 2 is 1.85 bits per heavy atom. The lowest BCUT2D eigenvalue weighted by molar-refractivity contribution is 0.184. The van der Waals surface area contributed by atoms with Gasteiger partial charge in [-0.15, -0.1) is 0 Å². The molecular formula is C20H25ClN2O3S. The maximum absolute atomic E-state index is 13.1. The van der Waals surface area contributed by atoms with Crippen LogP contribution in [0.3, 0.4) is 0 Å². The molecule has 1 heterocycles. The third-order valence-corrected chi connectivity index (χ3v) is 7.45. The van der Waals surface area contributed by atoms with Gasteiger partial charge in [0, 0.05) is 30.7 Å². The number of rotatable bonds is 6. The average molecular weight is 409 g/mol. The van der Waals surface area contributed by atoms with E-state index in [-0.39, 0.29) is 12.6 Å². The van der Waals surface area contributed by atoms with Crippen molar-refractivity contribution in [2.24, 2.45) is 0 Å². The molecule has 1 aliphatic rings. The monoisotopic (exact) mass is 408 g/mol. The number of aliphatic hydroxyl groups is 1. The molecule has 1 aliphatic heterocycles. The van der Waals surface area contributed by atoms with Crippen molar-refractivity contribution in [1.29, 1.82) is 0 Å². The molecule has 2 aromatic carbocycles. The van der Waals surface area contributed by atoms with Gasteiger partial charge < -0.3 is 5.11 Å². The maximum Gasteiger partial charge on any atom is 0.243 e. The van der Waals surface area contributed by atoms with Gasteiger partial charge in [-0.25, -0.2) is 8.42 Å². The van der Waals surface area contributed by atoms with E-state index < -0.39 is 10.0 Å². The SMILES string of the molecule is Cc1cc(-c2ccc(Cl)cc2)ccc1S(=O)(=O)N1CC[C@@H](N(C)CCO)C1. The summed E-state index contributed by atoms with van der Waals surface area (Å²) in [6.07, 6.45) is 0.775. The van der Waals surface area contributed by atoms with E-state index in [1.165, 1.54) is 0 Å². The standard InChI is InChI=1S/C20H25ClN2O3S/c1-15-13-17(16-3-6-18(21)7-4-16)5-8-20(15)27(25,26)23-10-9-19(14-23)22(2)11-12-24/h3-8,13,19,24H,9-12,14H2,1-2H3/t19-/m1/s1. The molecule has 1 N–H and O–H groups in total. The third kappa shape index (κ3) is 4.36. The highest BCUT2D eigenvalue weighted by Gasteiger charge is 2.34. The number of sulfonamides is 1. The molecule has 1 saturated heterocycles. The molecule has 0 radical (unpaired) electrons. The van der Waals surface area contributed by atoms with Crippen LogP contribution in [0.15, 0.2) is 47.4 Å². The van der Waals surface area contributed by atoms with E-state index in [1.807, 2.05) is 55.3 Å². The fourth-order valence-electron chi connectivity index (χ4n) is 3.53. The van der Waals surface area contributed by atoms with Crippen LogP contribution in [-0.4, -0.2) is 62.1 Å². The number of hydrogen-bond donors (Lipinski definition) is 1. The Morgan fingerprint density at radius 1 is 1.19 bits per heavy atom. The number of nitrogens with zero attached hydrogens (tertiary/aromatic N) is 2. The van der Waals surface area contributed by atoms with Gasteiger partial charge in [0.25, 0.3) is 0 Å². The first-order valence-electron chi connectivity index (χ1n) is 9.01. The molecule has 0 spiro atoms. The van der Waals surface area contributed by atoms with E-state index in [1.54, 1.807) is 10.4 Å². The molecule has 0 unspecified atom stereocenters. The molecule has 27 heavy (non-hydrogen) atoms. The fraction of sp³-hybridized carbons (Fsp3) is 0.400. The summed E-state index contributed by atoms with van der Waals surface area (Å²) >= 11 is 5.94. The van der Waals surface area contributed by atoms with Crippen LogP contribution >= 0.6 is 11.6 Å². The van der Waals surface area contributed by atoms with Crippen molar-refractivity contribution in [1.82, 2.24) is 9.21 Å². The largest absolute Gasteiger partial charge is 0.395 e. The zero-order valence-corrected chi connectivity index (χ0v) is 17.2. The van der Waals surface area contributed by atoms with Gasteiger partial charge in [-0.2, -0.15) is 4.31 Å². The summed E-state index contributed by atoms with van der Waals surface area (Å²) in [7, 11) is -1.61. The Kier molecular flexibility index (Phi) is 6.23. The Hall–Kier alpha value is -1.44. The first-order valence-corrected chi connectivity index (χ1v) is 10.8. The molecule has 3 rings (SSSR count). The van der Waals surface area contributed by atoms with E-state index in [0.717, 1.165) is 23.1 Å². The summed E-state index contributed by atoms with van der Waals surface area (Å²) in [6.45, 7) is 3.41. The minimum Gasteiger partial charge on any atom is -0.395 e. The van der Waals surface area contributed by atoms with E-state index >= 15 is 0 Å². The van der Waals surface area contributed by atoms with Crippen molar-refractivity contribution in [3.05, 3.63) is 53.1 Å². The Bertz CT molecular complexity index is 900. The van der Waals surface area contributed by atoms with Crippen molar-refractivity contribution in [3.8, 4) is 11.1 Å². The third-order valence-electron chi connectivity index (χ3n) is 5.17. The van der Waals surface area contributed by atoms with Gasteiger partial charge in [0.2, 0.25) is 10.0 Å². The summed E-state index contributed by atoms with van der Waals surface area (Å²) in [5, 5.41) is 9.76. The lowest BCUT2D eigenvalue weighted by atomic mass is 10.0. The van der Waals surface area contributed by atoms with E-state index in [9.17, 15) is 8.42 Å². The van der Waals surface area contributed by atoms with Crippen LogP contribution in [-0.2, 0) is 10.0 Å². The van der Waals surface area contributed by atoms with Crippen molar-refractivity contribution in [3.63, 3.8) is 0 Å². The molecule has 0 bridgehead atoms. The summed E-state index contributed by atoms with van der Waals surface area (Å²) in [5.74, 6) is 0. The molecule has 0 aromatic heterocycles. The highest BCUT2D eigenvalue weighted by molar-refractivity contribution is 7.89. The lowest BCUT2D eigenvalue weighted by Gasteiger charge is -2.24. The van der Waals surface area contributed by atoms with Crippen LogP contribution in [0.4, 0.5) is 0 Å². The average Bonchev–Trinajstić information content (AvgIpc) is 3.13. The van der Waals surface area contributed by atoms with Crippen molar-refractivity contribution < 1.29 is 13.5 Å². The van der Waals surface area contributed by atoms with Crippen LogP contribution in [0.5, 0.6) is 0 Å². The highest BCUT2D eigenvalue weighted by atomic mass is 35.5. The zero-order chi connectivity index (χ0) is 19.6. The van der Waals surface area contributed by atoms with Crippen LogP contribution in [0.1, 0.15) is 12.0 Å². The second-order valence-electron chi connectivity index (χ2n) is 7.00. The molecule has 7 heteroatoms. The van der Waals surface area contributed by atoms with Gasteiger partial charge in [-0.3, -0.25) is 4.90 Å². The molecule has 1 fully saturated rings. The van der Waals surface area contributed by atoms with Crippen LogP contribution in [0.25, 0.3) is 11.1 Å². The van der Waals surface area contributed by atoms with Gasteiger partial charge in [-0.1, -0.05) is 35.9 Å².